The molecule has 1 N–H and O–H groups in total. The monoisotopic (exact) mass is 222 g/mol. The van der Waals surface area contributed by atoms with Crippen molar-refractivity contribution in [3.05, 3.63) is 0 Å². The fourth-order valence-electron chi connectivity index (χ4n) is 0.528. The molecule has 3 atom stereocenters. The Morgan fingerprint density at radius 3 is 1.77 bits per heavy atom. The van der Waals surface area contributed by atoms with Crippen molar-refractivity contribution in [2.45, 2.75) is 24.2 Å². The van der Waals surface area contributed by atoms with Crippen LogP contribution < -0.4 is 0 Å². The summed E-state index contributed by atoms with van der Waals surface area (Å²) in [5.41, 5.74) is 0. The van der Waals surface area contributed by atoms with E-state index in [-0.39, 0.29) is 0 Å². The van der Waals surface area contributed by atoms with Gasteiger partial charge in [0.25, 0.3) is 0 Å². The highest BCUT2D eigenvalue weighted by Gasteiger charge is 2.54. The van der Waals surface area contributed by atoms with Gasteiger partial charge in [0, 0.05) is 15.8 Å². The first-order chi connectivity index (χ1) is 5.40. The van der Waals surface area contributed by atoms with Crippen molar-refractivity contribution in [3.63, 3.8) is 0 Å². The van der Waals surface area contributed by atoms with E-state index in [4.69, 9.17) is 5.11 Å². The Morgan fingerprint density at radius 2 is 1.69 bits per heavy atom. The van der Waals surface area contributed by atoms with E-state index in [1.165, 1.54) is 0 Å². The molecule has 0 radical (unpaired) electrons. The molecule has 7 heteroatoms. The van der Waals surface area contributed by atoms with Crippen molar-refractivity contribution in [2.24, 2.45) is 0 Å². The average Bonchev–Trinajstić information content (AvgIpc) is 1.81. The van der Waals surface area contributed by atoms with Crippen LogP contribution in [-0.4, -0.2) is 38.7 Å². The van der Waals surface area contributed by atoms with Crippen LogP contribution in [0.15, 0.2) is 0 Å². The lowest BCUT2D eigenvalue weighted by atomic mass is 10.2. The molecule has 0 heterocycles. The van der Waals surface area contributed by atoms with Gasteiger partial charge in [0.05, 0.1) is 0 Å². The largest absolute Gasteiger partial charge is 0.418 e. The van der Waals surface area contributed by atoms with Gasteiger partial charge in [0.15, 0.2) is 6.10 Å². The Labute approximate surface area is 73.6 Å². The SMILES string of the molecule is C=S(C)(=O)C(C)(F)C(O)C(F)(F)F. The second-order valence-corrected chi connectivity index (χ2v) is 5.74. The van der Waals surface area contributed by atoms with Gasteiger partial charge in [-0.05, 0) is 12.8 Å². The van der Waals surface area contributed by atoms with E-state index in [2.05, 4.69) is 5.87 Å². The van der Waals surface area contributed by atoms with E-state index in [1.54, 1.807) is 0 Å². The third-order valence-corrected chi connectivity index (χ3v) is 3.55. The predicted molar refractivity (Wildman–Crippen MR) is 42.8 cm³/mol. The number of rotatable bonds is 2. The molecule has 2 nitrogen and oxygen atoms in total. The number of hydrogen-bond donors (Lipinski definition) is 1. The molecule has 0 rings (SSSR count). The topological polar surface area (TPSA) is 37.3 Å². The smallest absolute Gasteiger partial charge is 0.380 e. The average molecular weight is 222 g/mol. The molecule has 0 bridgehead atoms. The Bertz CT molecular complexity index is 277. The van der Waals surface area contributed by atoms with E-state index in [9.17, 15) is 21.8 Å². The van der Waals surface area contributed by atoms with Crippen LogP contribution in [-0.2, 0) is 9.52 Å². The molecule has 0 saturated heterocycles. The van der Waals surface area contributed by atoms with Crippen LogP contribution in [0.1, 0.15) is 6.92 Å². The minimum absolute atomic E-state index is 0.417. The summed E-state index contributed by atoms with van der Waals surface area (Å²) in [5, 5.41) is 5.26. The van der Waals surface area contributed by atoms with Gasteiger partial charge in [-0.3, -0.25) is 4.21 Å². The summed E-state index contributed by atoms with van der Waals surface area (Å²) in [5.74, 6) is 2.77. The lowest BCUT2D eigenvalue weighted by molar-refractivity contribution is -0.224. The summed E-state index contributed by atoms with van der Waals surface area (Å²) >= 11 is 0. The lowest BCUT2D eigenvalue weighted by Gasteiger charge is -2.29. The van der Waals surface area contributed by atoms with E-state index >= 15 is 0 Å². The van der Waals surface area contributed by atoms with E-state index < -0.39 is 26.8 Å². The molecule has 0 aromatic heterocycles. The van der Waals surface area contributed by atoms with Crippen molar-refractivity contribution in [1.29, 1.82) is 0 Å². The van der Waals surface area contributed by atoms with E-state index in [1.807, 2.05) is 0 Å². The zero-order valence-electron chi connectivity index (χ0n) is 7.06. The Balaban J connectivity index is 5.09. The molecule has 3 unspecified atom stereocenters. The highest BCUT2D eigenvalue weighted by atomic mass is 32.2. The highest BCUT2D eigenvalue weighted by molar-refractivity contribution is 8.00. The van der Waals surface area contributed by atoms with Crippen molar-refractivity contribution in [3.8, 4) is 0 Å². The maximum Gasteiger partial charge on any atom is 0.418 e. The third-order valence-electron chi connectivity index (χ3n) is 1.64. The summed E-state index contributed by atoms with van der Waals surface area (Å²) in [4.78, 5) is 0. The van der Waals surface area contributed by atoms with Crippen molar-refractivity contribution in [1.82, 2.24) is 0 Å². The van der Waals surface area contributed by atoms with Crippen LogP contribution in [0.3, 0.4) is 0 Å². The number of alkyl halides is 4. The summed E-state index contributed by atoms with van der Waals surface area (Å²) in [6.07, 6.45) is -7.70. The quantitative estimate of drug-likeness (QED) is 0.557. The molecular formula is C6H10F4O2S. The van der Waals surface area contributed by atoms with Crippen LogP contribution in [0.25, 0.3) is 0 Å². The molecule has 0 aromatic rings. The Kier molecular flexibility index (Phi) is 3.05. The molecule has 0 fully saturated rings. The summed E-state index contributed by atoms with van der Waals surface area (Å²) in [6, 6.07) is 0. The zero-order valence-corrected chi connectivity index (χ0v) is 7.88. The lowest BCUT2D eigenvalue weighted by Crippen LogP contribution is -2.50. The molecule has 80 valence electrons. The molecule has 0 aliphatic rings. The first kappa shape index (κ1) is 12.7. The first-order valence-corrected chi connectivity index (χ1v) is 5.29. The fourth-order valence-corrected chi connectivity index (χ4v) is 1.13. The molecule has 0 saturated carbocycles. The molecule has 0 aliphatic carbocycles. The normalized spacial score (nSPS) is 24.5. The molecule has 0 amide bonds. The maximum absolute atomic E-state index is 13.2. The van der Waals surface area contributed by atoms with E-state index in [0.29, 0.717) is 6.92 Å². The van der Waals surface area contributed by atoms with Gasteiger partial charge in [-0.15, -0.1) is 0 Å². The van der Waals surface area contributed by atoms with Gasteiger partial charge in [-0.2, -0.15) is 13.2 Å². The van der Waals surface area contributed by atoms with Gasteiger partial charge in [0.2, 0.25) is 5.00 Å². The number of aliphatic hydroxyl groups is 1. The van der Waals surface area contributed by atoms with Gasteiger partial charge in [0.1, 0.15) is 0 Å². The van der Waals surface area contributed by atoms with Crippen LogP contribution in [0, 0.1) is 0 Å². The molecule has 0 aliphatic heterocycles. The highest BCUT2D eigenvalue weighted by Crippen LogP contribution is 2.33. The summed E-state index contributed by atoms with van der Waals surface area (Å²) in [6.45, 7) is 0.417. The fraction of sp³-hybridized carbons (Fsp3) is 0.833. The van der Waals surface area contributed by atoms with Crippen LogP contribution >= 0.6 is 0 Å². The Morgan fingerprint density at radius 1 is 1.38 bits per heavy atom. The van der Waals surface area contributed by atoms with Gasteiger partial charge >= 0.3 is 6.18 Å². The number of halogens is 4. The van der Waals surface area contributed by atoms with Crippen molar-refractivity contribution >= 4 is 15.4 Å². The second-order valence-electron chi connectivity index (χ2n) is 2.94. The Hall–Kier alpha value is -0.300. The van der Waals surface area contributed by atoms with Gasteiger partial charge < -0.3 is 5.11 Å². The molecule has 13 heavy (non-hydrogen) atoms. The minimum atomic E-state index is -5.14. The maximum atomic E-state index is 13.2. The predicted octanol–water partition coefficient (Wildman–Crippen LogP) is 0.942. The molecule has 0 spiro atoms. The molecule has 0 aromatic carbocycles. The van der Waals surface area contributed by atoms with Gasteiger partial charge in [-0.1, -0.05) is 0 Å². The number of aliphatic hydroxyl groups excluding tert-OH is 1. The molecular weight excluding hydrogens is 212 g/mol. The zero-order chi connectivity index (χ0) is 11.1. The standard InChI is InChI=1S/C6H10F4O2S/c1-5(7,13(2,3)12)4(11)6(8,9)10/h4,11H,2H2,1,3H3. The first-order valence-electron chi connectivity index (χ1n) is 3.16. The summed E-state index contributed by atoms with van der Waals surface area (Å²) < 4.78 is 59.6. The number of hydrogen-bond acceptors (Lipinski definition) is 2. The third kappa shape index (κ3) is 2.57. The van der Waals surface area contributed by atoms with Crippen LogP contribution in [0.2, 0.25) is 0 Å². The second kappa shape index (κ2) is 3.13. The van der Waals surface area contributed by atoms with Crippen molar-refractivity contribution in [2.75, 3.05) is 6.26 Å². The van der Waals surface area contributed by atoms with Gasteiger partial charge in [-0.25, -0.2) is 4.39 Å². The van der Waals surface area contributed by atoms with Crippen LogP contribution in [0.4, 0.5) is 17.6 Å². The van der Waals surface area contributed by atoms with Crippen molar-refractivity contribution < 1.29 is 26.9 Å². The summed E-state index contributed by atoms with van der Waals surface area (Å²) in [7, 11) is -3.62. The van der Waals surface area contributed by atoms with Crippen LogP contribution in [0.5, 0.6) is 0 Å². The van der Waals surface area contributed by atoms with E-state index in [0.717, 1.165) is 6.26 Å². The minimum Gasteiger partial charge on any atom is -0.380 e.